The van der Waals surface area contributed by atoms with Crippen molar-refractivity contribution in [2.24, 2.45) is 5.92 Å². The first-order chi connectivity index (χ1) is 12.9. The zero-order valence-electron chi connectivity index (χ0n) is 16.9. The third kappa shape index (κ3) is 2.92. The lowest BCUT2D eigenvalue weighted by molar-refractivity contribution is 0.301. The van der Waals surface area contributed by atoms with Crippen LogP contribution >= 0.6 is 0 Å². The minimum atomic E-state index is 0.0648. The molecule has 0 saturated heterocycles. The Labute approximate surface area is 164 Å². The lowest BCUT2D eigenvalue weighted by Crippen LogP contribution is -2.31. The molecule has 0 heterocycles. The summed E-state index contributed by atoms with van der Waals surface area (Å²) in [5.41, 5.74) is 6.13. The van der Waals surface area contributed by atoms with Gasteiger partial charge in [-0.15, -0.1) is 0 Å². The van der Waals surface area contributed by atoms with Crippen molar-refractivity contribution in [2.45, 2.75) is 50.9 Å². The molecule has 3 atom stereocenters. The van der Waals surface area contributed by atoms with Gasteiger partial charge in [-0.05, 0) is 45.9 Å². The molecular weight excluding hydrogens is 324 g/mol. The van der Waals surface area contributed by atoms with E-state index in [4.69, 9.17) is 0 Å². The quantitative estimate of drug-likeness (QED) is 0.469. The highest BCUT2D eigenvalue weighted by Crippen LogP contribution is 2.56. The van der Waals surface area contributed by atoms with Crippen molar-refractivity contribution >= 4 is 0 Å². The van der Waals surface area contributed by atoms with Gasteiger partial charge in [-0.1, -0.05) is 113 Å². The average Bonchev–Trinajstić information content (AvgIpc) is 2.92. The Bertz CT molecular complexity index is 907. The molecule has 3 unspecified atom stereocenters. The van der Waals surface area contributed by atoms with Crippen LogP contribution in [0.3, 0.4) is 0 Å². The molecule has 0 bridgehead atoms. The number of hydrogen-bond acceptors (Lipinski definition) is 0. The van der Waals surface area contributed by atoms with E-state index in [2.05, 4.69) is 113 Å². The summed E-state index contributed by atoms with van der Waals surface area (Å²) in [5, 5.41) is 0. The summed E-state index contributed by atoms with van der Waals surface area (Å²) < 4.78 is 0. The Balaban J connectivity index is 1.77. The second-order valence-electron chi connectivity index (χ2n) is 9.00. The standard InChI is InChI=1S/C27H30/c1-20-24(19-26(2,3)21-13-7-5-8-14-21)23-17-11-12-18-25(23)27(20,4)22-15-9-6-10-16-22/h5-18,20,24H,19H2,1-4H3. The first-order valence-corrected chi connectivity index (χ1v) is 10.1. The minimum absolute atomic E-state index is 0.0648. The predicted octanol–water partition coefficient (Wildman–Crippen LogP) is 7.09. The number of benzene rings is 3. The number of fused-ring (bicyclic) bond motifs is 1. The van der Waals surface area contributed by atoms with Crippen LogP contribution in [0.4, 0.5) is 0 Å². The van der Waals surface area contributed by atoms with E-state index in [-0.39, 0.29) is 10.8 Å². The molecule has 1 aliphatic carbocycles. The summed E-state index contributed by atoms with van der Waals surface area (Å²) >= 11 is 0. The van der Waals surface area contributed by atoms with Gasteiger partial charge in [0.25, 0.3) is 0 Å². The maximum Gasteiger partial charge on any atom is 0.0208 e. The Morgan fingerprint density at radius 1 is 0.778 bits per heavy atom. The highest BCUT2D eigenvalue weighted by atomic mass is 14.5. The van der Waals surface area contributed by atoms with E-state index in [1.54, 1.807) is 5.56 Å². The van der Waals surface area contributed by atoms with Gasteiger partial charge < -0.3 is 0 Å². The molecule has 1 aliphatic rings. The fourth-order valence-corrected chi connectivity index (χ4v) is 5.26. The lowest BCUT2D eigenvalue weighted by atomic mass is 9.67. The summed E-state index contributed by atoms with van der Waals surface area (Å²) in [5.74, 6) is 1.11. The molecule has 0 amide bonds. The van der Waals surface area contributed by atoms with E-state index < -0.39 is 0 Å². The van der Waals surface area contributed by atoms with E-state index in [9.17, 15) is 0 Å². The van der Waals surface area contributed by atoms with Crippen LogP contribution in [0.2, 0.25) is 0 Å². The van der Waals surface area contributed by atoms with Gasteiger partial charge in [0.2, 0.25) is 0 Å². The number of rotatable bonds is 4. The second kappa shape index (κ2) is 6.68. The Kier molecular flexibility index (Phi) is 4.46. The van der Waals surface area contributed by atoms with Gasteiger partial charge in [0, 0.05) is 5.41 Å². The molecule has 4 rings (SSSR count). The van der Waals surface area contributed by atoms with E-state index in [1.165, 1.54) is 16.7 Å². The van der Waals surface area contributed by atoms with Gasteiger partial charge in [-0.2, -0.15) is 0 Å². The SMILES string of the molecule is CC1C(CC(C)(C)c2ccccc2)c2ccccc2C1(C)c1ccccc1. The molecule has 0 spiro atoms. The lowest BCUT2D eigenvalue weighted by Gasteiger charge is -2.36. The van der Waals surface area contributed by atoms with Gasteiger partial charge in [0.1, 0.15) is 0 Å². The third-order valence-electron chi connectivity index (χ3n) is 7.09. The molecule has 0 radical (unpaired) electrons. The highest BCUT2D eigenvalue weighted by Gasteiger charge is 2.48. The fraction of sp³-hybridized carbons (Fsp3) is 0.333. The molecule has 3 aromatic rings. The molecule has 138 valence electrons. The van der Waals surface area contributed by atoms with Gasteiger partial charge in [0.15, 0.2) is 0 Å². The largest absolute Gasteiger partial charge is 0.0622 e. The number of hydrogen-bond donors (Lipinski definition) is 0. The molecule has 0 N–H and O–H groups in total. The Morgan fingerprint density at radius 2 is 1.33 bits per heavy atom. The van der Waals surface area contributed by atoms with E-state index >= 15 is 0 Å². The van der Waals surface area contributed by atoms with Crippen molar-refractivity contribution < 1.29 is 0 Å². The van der Waals surface area contributed by atoms with E-state index in [0.717, 1.165) is 6.42 Å². The van der Waals surface area contributed by atoms with Crippen LogP contribution < -0.4 is 0 Å². The summed E-state index contributed by atoms with van der Waals surface area (Å²) in [6.07, 6.45) is 1.16. The van der Waals surface area contributed by atoms with Crippen LogP contribution in [0, 0.1) is 5.92 Å². The molecule has 0 aliphatic heterocycles. The maximum absolute atomic E-state index is 2.46. The van der Waals surface area contributed by atoms with Crippen LogP contribution in [0.5, 0.6) is 0 Å². The van der Waals surface area contributed by atoms with E-state index in [1.807, 2.05) is 0 Å². The normalized spacial score (nSPS) is 24.6. The Hall–Kier alpha value is -2.34. The van der Waals surface area contributed by atoms with Crippen LogP contribution in [0.1, 0.15) is 62.3 Å². The summed E-state index contributed by atoms with van der Waals surface area (Å²) in [6.45, 7) is 9.70. The van der Waals surface area contributed by atoms with Crippen molar-refractivity contribution in [2.75, 3.05) is 0 Å². The monoisotopic (exact) mass is 354 g/mol. The van der Waals surface area contributed by atoms with Gasteiger partial charge in [0.05, 0.1) is 0 Å². The molecule has 0 saturated carbocycles. The van der Waals surface area contributed by atoms with Crippen molar-refractivity contribution in [3.05, 3.63) is 107 Å². The van der Waals surface area contributed by atoms with Gasteiger partial charge in [-0.25, -0.2) is 0 Å². The minimum Gasteiger partial charge on any atom is -0.0622 e. The molecule has 27 heavy (non-hydrogen) atoms. The second-order valence-corrected chi connectivity index (χ2v) is 9.00. The van der Waals surface area contributed by atoms with Gasteiger partial charge in [-0.3, -0.25) is 0 Å². The third-order valence-corrected chi connectivity index (χ3v) is 7.09. The predicted molar refractivity (Wildman–Crippen MR) is 115 cm³/mol. The smallest absolute Gasteiger partial charge is 0.0208 e. The van der Waals surface area contributed by atoms with Crippen molar-refractivity contribution in [1.29, 1.82) is 0 Å². The van der Waals surface area contributed by atoms with Crippen LogP contribution in [0.15, 0.2) is 84.9 Å². The van der Waals surface area contributed by atoms with Gasteiger partial charge >= 0.3 is 0 Å². The van der Waals surface area contributed by atoms with Crippen LogP contribution in [0.25, 0.3) is 0 Å². The average molecular weight is 355 g/mol. The first-order valence-electron chi connectivity index (χ1n) is 10.1. The van der Waals surface area contributed by atoms with Crippen LogP contribution in [-0.2, 0) is 10.8 Å². The molecule has 0 heteroatoms. The molecule has 0 aromatic heterocycles. The van der Waals surface area contributed by atoms with E-state index in [0.29, 0.717) is 11.8 Å². The van der Waals surface area contributed by atoms with Crippen molar-refractivity contribution in [3.8, 4) is 0 Å². The Morgan fingerprint density at radius 3 is 2.00 bits per heavy atom. The van der Waals surface area contributed by atoms with Crippen molar-refractivity contribution in [3.63, 3.8) is 0 Å². The zero-order valence-corrected chi connectivity index (χ0v) is 16.9. The van der Waals surface area contributed by atoms with Crippen LogP contribution in [-0.4, -0.2) is 0 Å². The molecule has 0 fully saturated rings. The summed E-state index contributed by atoms with van der Waals surface area (Å²) in [6, 6.07) is 31.2. The summed E-state index contributed by atoms with van der Waals surface area (Å²) in [7, 11) is 0. The zero-order chi connectivity index (χ0) is 19.1. The van der Waals surface area contributed by atoms with Crippen molar-refractivity contribution in [1.82, 2.24) is 0 Å². The fourth-order valence-electron chi connectivity index (χ4n) is 5.26. The highest BCUT2D eigenvalue weighted by molar-refractivity contribution is 5.51. The molecule has 3 aromatic carbocycles. The first kappa shape index (κ1) is 18.0. The summed E-state index contributed by atoms with van der Waals surface area (Å²) in [4.78, 5) is 0. The topological polar surface area (TPSA) is 0 Å². The molecule has 0 nitrogen and oxygen atoms in total. The maximum atomic E-state index is 2.46. The molecular formula is C27H30.